The lowest BCUT2D eigenvalue weighted by Gasteiger charge is -1.99. The second-order valence-electron chi connectivity index (χ2n) is 3.26. The molecule has 0 atom stereocenters. The number of aromatic nitrogens is 2. The summed E-state index contributed by atoms with van der Waals surface area (Å²) in [6, 6.07) is 5.89. The highest BCUT2D eigenvalue weighted by Gasteiger charge is 2.06. The summed E-state index contributed by atoms with van der Waals surface area (Å²) in [5, 5.41) is 10.5. The number of benzene rings is 1. The zero-order chi connectivity index (χ0) is 12.3. The Morgan fingerprint density at radius 1 is 1.12 bits per heavy atom. The summed E-state index contributed by atoms with van der Waals surface area (Å²) in [4.78, 5) is 28.4. The van der Waals surface area contributed by atoms with Gasteiger partial charge in [0.05, 0.1) is 10.5 Å². The number of carbonyl (C=O) groups excluding carboxylic acids is 1. The number of nitrogens with zero attached hydrogens (tertiary/aromatic N) is 3. The largest absolute Gasteiger partial charge is 0.298 e. The molecule has 0 saturated carbocycles. The maximum atomic E-state index is 10.5. The van der Waals surface area contributed by atoms with Crippen LogP contribution in [0.1, 0.15) is 10.4 Å². The molecule has 1 heterocycles. The van der Waals surface area contributed by atoms with Gasteiger partial charge in [0.25, 0.3) is 5.69 Å². The van der Waals surface area contributed by atoms with Crippen LogP contribution in [-0.2, 0) is 0 Å². The predicted octanol–water partition coefficient (Wildman–Crippen LogP) is 1.86. The summed E-state index contributed by atoms with van der Waals surface area (Å²) in [6.45, 7) is 0. The average molecular weight is 229 g/mol. The molecular formula is C11H7N3O3. The van der Waals surface area contributed by atoms with E-state index in [1.54, 1.807) is 12.1 Å². The Labute approximate surface area is 96.1 Å². The molecule has 0 bridgehead atoms. The third kappa shape index (κ3) is 2.31. The molecule has 0 fully saturated rings. The van der Waals surface area contributed by atoms with Gasteiger partial charge in [0, 0.05) is 30.1 Å². The molecular weight excluding hydrogens is 222 g/mol. The van der Waals surface area contributed by atoms with Gasteiger partial charge in [0.1, 0.15) is 0 Å². The fraction of sp³-hybridized carbons (Fsp3) is 0. The van der Waals surface area contributed by atoms with E-state index < -0.39 is 4.92 Å². The maximum Gasteiger partial charge on any atom is 0.269 e. The molecule has 0 aliphatic rings. The minimum atomic E-state index is -0.472. The molecule has 0 radical (unpaired) electrons. The van der Waals surface area contributed by atoms with Crippen LogP contribution in [0.4, 0.5) is 5.69 Å². The molecule has 0 aliphatic carbocycles. The summed E-state index contributed by atoms with van der Waals surface area (Å²) < 4.78 is 0. The van der Waals surface area contributed by atoms with Crippen LogP contribution in [0.25, 0.3) is 11.4 Å². The van der Waals surface area contributed by atoms with Gasteiger partial charge in [-0.2, -0.15) is 0 Å². The van der Waals surface area contributed by atoms with Crippen LogP contribution < -0.4 is 0 Å². The molecule has 17 heavy (non-hydrogen) atoms. The van der Waals surface area contributed by atoms with Gasteiger partial charge in [-0.1, -0.05) is 0 Å². The van der Waals surface area contributed by atoms with E-state index >= 15 is 0 Å². The summed E-state index contributed by atoms with van der Waals surface area (Å²) in [6.07, 6.45) is 3.45. The number of carbonyl (C=O) groups is 1. The molecule has 0 saturated heterocycles. The first-order chi connectivity index (χ1) is 8.20. The predicted molar refractivity (Wildman–Crippen MR) is 59.5 cm³/mol. The van der Waals surface area contributed by atoms with E-state index in [0.29, 0.717) is 23.2 Å². The molecule has 0 spiro atoms. The summed E-state index contributed by atoms with van der Waals surface area (Å²) in [5.74, 6) is 0.422. The summed E-state index contributed by atoms with van der Waals surface area (Å²) in [5.41, 5.74) is 1.06. The molecule has 1 aromatic carbocycles. The first-order valence-corrected chi connectivity index (χ1v) is 4.73. The van der Waals surface area contributed by atoms with E-state index in [4.69, 9.17) is 0 Å². The number of rotatable bonds is 3. The molecule has 84 valence electrons. The van der Waals surface area contributed by atoms with E-state index in [1.807, 2.05) is 0 Å². The van der Waals surface area contributed by atoms with Gasteiger partial charge in [-0.05, 0) is 12.1 Å². The molecule has 2 aromatic rings. The quantitative estimate of drug-likeness (QED) is 0.455. The molecule has 2 rings (SSSR count). The van der Waals surface area contributed by atoms with Gasteiger partial charge in [0.2, 0.25) is 0 Å². The molecule has 0 unspecified atom stereocenters. The van der Waals surface area contributed by atoms with Gasteiger partial charge >= 0.3 is 0 Å². The monoisotopic (exact) mass is 229 g/mol. The Bertz CT molecular complexity index is 549. The number of hydrogen-bond acceptors (Lipinski definition) is 5. The molecule has 0 N–H and O–H groups in total. The fourth-order valence-electron chi connectivity index (χ4n) is 1.28. The van der Waals surface area contributed by atoms with E-state index in [-0.39, 0.29) is 5.69 Å². The fourth-order valence-corrected chi connectivity index (χ4v) is 1.28. The Morgan fingerprint density at radius 2 is 1.71 bits per heavy atom. The SMILES string of the molecule is O=Cc1cnc(-c2ccc([N+](=O)[O-])cc2)nc1. The second kappa shape index (κ2) is 4.48. The van der Waals surface area contributed by atoms with Crippen molar-refractivity contribution in [3.63, 3.8) is 0 Å². The van der Waals surface area contributed by atoms with Crippen molar-refractivity contribution in [1.29, 1.82) is 0 Å². The van der Waals surface area contributed by atoms with Crippen LogP contribution in [-0.4, -0.2) is 21.2 Å². The van der Waals surface area contributed by atoms with Crippen molar-refractivity contribution < 1.29 is 9.72 Å². The first kappa shape index (κ1) is 10.9. The summed E-state index contributed by atoms with van der Waals surface area (Å²) in [7, 11) is 0. The van der Waals surface area contributed by atoms with E-state index in [1.165, 1.54) is 24.5 Å². The van der Waals surface area contributed by atoms with Crippen molar-refractivity contribution in [2.75, 3.05) is 0 Å². The summed E-state index contributed by atoms with van der Waals surface area (Å²) >= 11 is 0. The lowest BCUT2D eigenvalue weighted by atomic mass is 10.2. The van der Waals surface area contributed by atoms with Gasteiger partial charge < -0.3 is 0 Å². The third-order valence-electron chi connectivity index (χ3n) is 2.14. The van der Waals surface area contributed by atoms with Crippen molar-refractivity contribution in [2.24, 2.45) is 0 Å². The van der Waals surface area contributed by atoms with Gasteiger partial charge in [-0.3, -0.25) is 14.9 Å². The number of non-ortho nitro benzene ring substituents is 1. The van der Waals surface area contributed by atoms with Crippen LogP contribution in [0.3, 0.4) is 0 Å². The van der Waals surface area contributed by atoms with Crippen molar-refractivity contribution in [2.45, 2.75) is 0 Å². The lowest BCUT2D eigenvalue weighted by Crippen LogP contribution is -1.92. The highest BCUT2D eigenvalue weighted by molar-refractivity contribution is 5.73. The minimum Gasteiger partial charge on any atom is -0.298 e. The molecule has 6 heteroatoms. The van der Waals surface area contributed by atoms with Crippen LogP contribution in [0.2, 0.25) is 0 Å². The number of hydrogen-bond donors (Lipinski definition) is 0. The van der Waals surface area contributed by atoms with Gasteiger partial charge in [-0.15, -0.1) is 0 Å². The van der Waals surface area contributed by atoms with Crippen LogP contribution in [0.5, 0.6) is 0 Å². The van der Waals surface area contributed by atoms with Crippen molar-refractivity contribution in [3.05, 3.63) is 52.3 Å². The number of nitro benzene ring substituents is 1. The zero-order valence-corrected chi connectivity index (χ0v) is 8.61. The highest BCUT2D eigenvalue weighted by atomic mass is 16.6. The zero-order valence-electron chi connectivity index (χ0n) is 8.61. The maximum absolute atomic E-state index is 10.5. The molecule has 0 amide bonds. The smallest absolute Gasteiger partial charge is 0.269 e. The van der Waals surface area contributed by atoms with Crippen molar-refractivity contribution >= 4 is 12.0 Å². The second-order valence-corrected chi connectivity index (χ2v) is 3.26. The van der Waals surface area contributed by atoms with Crippen molar-refractivity contribution in [1.82, 2.24) is 9.97 Å². The first-order valence-electron chi connectivity index (χ1n) is 4.73. The van der Waals surface area contributed by atoms with Crippen LogP contribution in [0, 0.1) is 10.1 Å². The van der Waals surface area contributed by atoms with Crippen LogP contribution in [0.15, 0.2) is 36.7 Å². The van der Waals surface area contributed by atoms with E-state index in [2.05, 4.69) is 9.97 Å². The Hall–Kier alpha value is -2.63. The topological polar surface area (TPSA) is 86.0 Å². The van der Waals surface area contributed by atoms with Crippen LogP contribution >= 0.6 is 0 Å². The third-order valence-corrected chi connectivity index (χ3v) is 2.14. The standard InChI is InChI=1S/C11H7N3O3/c15-7-8-5-12-11(13-6-8)9-1-3-10(4-2-9)14(16)17/h1-7H. The number of nitro groups is 1. The van der Waals surface area contributed by atoms with E-state index in [9.17, 15) is 14.9 Å². The Morgan fingerprint density at radius 3 is 2.18 bits per heavy atom. The highest BCUT2D eigenvalue weighted by Crippen LogP contribution is 2.18. The van der Waals surface area contributed by atoms with Gasteiger partial charge in [-0.25, -0.2) is 9.97 Å². The Kier molecular flexibility index (Phi) is 2.87. The molecule has 0 aliphatic heterocycles. The molecule has 6 nitrogen and oxygen atoms in total. The molecule has 1 aromatic heterocycles. The van der Waals surface area contributed by atoms with Gasteiger partial charge in [0.15, 0.2) is 12.1 Å². The average Bonchev–Trinajstić information content (AvgIpc) is 2.39. The minimum absolute atomic E-state index is 0.0123. The van der Waals surface area contributed by atoms with E-state index in [0.717, 1.165) is 0 Å². The lowest BCUT2D eigenvalue weighted by molar-refractivity contribution is -0.384. The Balaban J connectivity index is 2.32. The van der Waals surface area contributed by atoms with Crippen molar-refractivity contribution in [3.8, 4) is 11.4 Å². The normalized spacial score (nSPS) is 9.88. The number of aldehydes is 1.